The lowest BCUT2D eigenvalue weighted by molar-refractivity contribution is -0.139. The lowest BCUT2D eigenvalue weighted by Gasteiger charge is -2.32. The van der Waals surface area contributed by atoms with Crippen molar-refractivity contribution in [2.24, 2.45) is 17.8 Å². The summed E-state index contributed by atoms with van der Waals surface area (Å²) < 4.78 is 10.5. The lowest BCUT2D eigenvalue weighted by atomic mass is 9.83. The van der Waals surface area contributed by atoms with Crippen molar-refractivity contribution in [2.75, 3.05) is 0 Å². The van der Waals surface area contributed by atoms with Crippen LogP contribution in [0.2, 0.25) is 0 Å². The fourth-order valence-corrected chi connectivity index (χ4v) is 3.48. The second kappa shape index (κ2) is 6.04. The molecular weight excluding hydrogens is 300 g/mol. The molecule has 1 aliphatic carbocycles. The number of para-hydroxylation sites is 1. The van der Waals surface area contributed by atoms with Crippen molar-refractivity contribution < 1.29 is 29.3 Å². The van der Waals surface area contributed by atoms with Crippen molar-refractivity contribution in [1.82, 2.24) is 0 Å². The number of ether oxygens (including phenoxy) is 2. The van der Waals surface area contributed by atoms with E-state index >= 15 is 0 Å². The molecule has 2 N–H and O–H groups in total. The average Bonchev–Trinajstić information content (AvgIpc) is 2.91. The van der Waals surface area contributed by atoms with Gasteiger partial charge in [0.1, 0.15) is 11.3 Å². The van der Waals surface area contributed by atoms with E-state index in [2.05, 4.69) is 0 Å². The number of rotatable bonds is 3. The zero-order valence-electron chi connectivity index (χ0n) is 12.6. The van der Waals surface area contributed by atoms with Crippen molar-refractivity contribution in [2.45, 2.75) is 26.1 Å². The van der Waals surface area contributed by atoms with Crippen LogP contribution in [0.5, 0.6) is 5.75 Å². The van der Waals surface area contributed by atoms with Crippen molar-refractivity contribution in [3.63, 3.8) is 0 Å². The highest BCUT2D eigenvalue weighted by molar-refractivity contribution is 5.95. The molecule has 1 aromatic rings. The van der Waals surface area contributed by atoms with Crippen molar-refractivity contribution in [3.05, 3.63) is 41.7 Å². The van der Waals surface area contributed by atoms with E-state index < -0.39 is 18.2 Å². The number of hydrogen-bond acceptors (Lipinski definition) is 5. The second-order valence-electron chi connectivity index (χ2n) is 6.03. The molecule has 3 rings (SSSR count). The Morgan fingerprint density at radius 3 is 2.74 bits per heavy atom. The van der Waals surface area contributed by atoms with Gasteiger partial charge in [0.15, 0.2) is 6.29 Å². The molecule has 0 aromatic heterocycles. The van der Waals surface area contributed by atoms with E-state index in [1.807, 2.05) is 6.92 Å². The zero-order valence-corrected chi connectivity index (χ0v) is 12.6. The molecule has 0 amide bonds. The summed E-state index contributed by atoms with van der Waals surface area (Å²) in [7, 11) is 0. The van der Waals surface area contributed by atoms with Crippen LogP contribution in [-0.4, -0.2) is 28.4 Å². The number of carbonyl (C=O) groups excluding carboxylic acids is 1. The van der Waals surface area contributed by atoms with Gasteiger partial charge in [0, 0.05) is 11.8 Å². The summed E-state index contributed by atoms with van der Waals surface area (Å²) in [4.78, 5) is 23.6. The summed E-state index contributed by atoms with van der Waals surface area (Å²) in [6.07, 6.45) is 2.00. The molecule has 6 heteroatoms. The maximum atomic E-state index is 12.5. The molecule has 6 nitrogen and oxygen atoms in total. The Balaban J connectivity index is 1.83. The molecule has 0 radical (unpaired) electrons. The molecule has 2 aliphatic rings. The third-order valence-electron chi connectivity index (χ3n) is 4.67. The molecular formula is C17H18O6. The van der Waals surface area contributed by atoms with Crippen LogP contribution in [0, 0.1) is 17.8 Å². The molecule has 1 heterocycles. The van der Waals surface area contributed by atoms with Gasteiger partial charge in [0.05, 0.1) is 11.8 Å². The van der Waals surface area contributed by atoms with Gasteiger partial charge in [0.2, 0.25) is 0 Å². The van der Waals surface area contributed by atoms with E-state index in [4.69, 9.17) is 14.6 Å². The van der Waals surface area contributed by atoms with Crippen LogP contribution in [-0.2, 0) is 9.53 Å². The number of carboxylic acids is 1. The van der Waals surface area contributed by atoms with Crippen molar-refractivity contribution in [1.29, 1.82) is 0 Å². The Morgan fingerprint density at radius 2 is 2.00 bits per heavy atom. The van der Waals surface area contributed by atoms with Crippen molar-refractivity contribution >= 4 is 11.9 Å². The first-order valence-electron chi connectivity index (χ1n) is 7.57. The maximum Gasteiger partial charge on any atom is 0.342 e. The molecule has 1 aliphatic heterocycles. The summed E-state index contributed by atoms with van der Waals surface area (Å²) in [5.41, 5.74) is 0.277. The number of hydrogen-bond donors (Lipinski definition) is 2. The molecule has 1 saturated carbocycles. The predicted molar refractivity (Wildman–Crippen MR) is 79.6 cm³/mol. The van der Waals surface area contributed by atoms with Gasteiger partial charge in [-0.2, -0.15) is 0 Å². The third kappa shape index (κ3) is 2.82. The monoisotopic (exact) mass is 318 g/mol. The fourth-order valence-electron chi connectivity index (χ4n) is 3.48. The largest absolute Gasteiger partial charge is 0.478 e. The van der Waals surface area contributed by atoms with E-state index in [0.717, 1.165) is 12.8 Å². The van der Waals surface area contributed by atoms with Gasteiger partial charge in [-0.1, -0.05) is 19.1 Å². The van der Waals surface area contributed by atoms with E-state index in [9.17, 15) is 14.7 Å². The first-order valence-corrected chi connectivity index (χ1v) is 7.57. The number of carbonyl (C=O) groups is 2. The van der Waals surface area contributed by atoms with Gasteiger partial charge < -0.3 is 19.7 Å². The summed E-state index contributed by atoms with van der Waals surface area (Å²) in [6.45, 7) is 2.02. The van der Waals surface area contributed by atoms with Gasteiger partial charge in [-0.05, 0) is 30.9 Å². The SMILES string of the molecule is CC1CCC2C(C(=O)Oc3ccccc3C(=O)O)=COC(O)C12. The van der Waals surface area contributed by atoms with Crippen LogP contribution < -0.4 is 4.74 Å². The van der Waals surface area contributed by atoms with Gasteiger partial charge >= 0.3 is 11.9 Å². The first kappa shape index (κ1) is 15.6. The van der Waals surface area contributed by atoms with Crippen LogP contribution in [0.1, 0.15) is 30.1 Å². The average molecular weight is 318 g/mol. The molecule has 122 valence electrons. The highest BCUT2D eigenvalue weighted by Gasteiger charge is 2.46. The van der Waals surface area contributed by atoms with E-state index in [1.165, 1.54) is 18.4 Å². The van der Waals surface area contributed by atoms with Gasteiger partial charge in [-0.3, -0.25) is 0 Å². The number of aliphatic hydroxyl groups excluding tert-OH is 1. The van der Waals surface area contributed by atoms with Crippen LogP contribution in [0.4, 0.5) is 0 Å². The maximum absolute atomic E-state index is 12.5. The van der Waals surface area contributed by atoms with Gasteiger partial charge in [0.25, 0.3) is 0 Å². The molecule has 1 aromatic carbocycles. The zero-order chi connectivity index (χ0) is 16.6. The van der Waals surface area contributed by atoms with Crippen LogP contribution in [0.25, 0.3) is 0 Å². The molecule has 4 unspecified atom stereocenters. The van der Waals surface area contributed by atoms with Gasteiger partial charge in [-0.25, -0.2) is 9.59 Å². The molecule has 0 bridgehead atoms. The Bertz CT molecular complexity index is 665. The Labute approximate surface area is 133 Å². The highest BCUT2D eigenvalue weighted by Crippen LogP contribution is 2.45. The summed E-state index contributed by atoms with van der Waals surface area (Å²) >= 11 is 0. The number of esters is 1. The fraction of sp³-hybridized carbons (Fsp3) is 0.412. The smallest absolute Gasteiger partial charge is 0.342 e. The molecule has 23 heavy (non-hydrogen) atoms. The highest BCUT2D eigenvalue weighted by atomic mass is 16.6. The lowest BCUT2D eigenvalue weighted by Crippen LogP contribution is -2.36. The molecule has 4 atom stereocenters. The summed E-state index contributed by atoms with van der Waals surface area (Å²) in [5, 5.41) is 19.1. The van der Waals surface area contributed by atoms with E-state index in [1.54, 1.807) is 12.1 Å². The van der Waals surface area contributed by atoms with Crippen LogP contribution >= 0.6 is 0 Å². The minimum Gasteiger partial charge on any atom is -0.478 e. The predicted octanol–water partition coefficient (Wildman–Crippen LogP) is 2.18. The molecule has 1 fully saturated rings. The Morgan fingerprint density at radius 1 is 1.26 bits per heavy atom. The quantitative estimate of drug-likeness (QED) is 0.655. The molecule has 0 spiro atoms. The normalized spacial score (nSPS) is 29.2. The topological polar surface area (TPSA) is 93.1 Å². The van der Waals surface area contributed by atoms with E-state index in [-0.39, 0.29) is 29.1 Å². The summed E-state index contributed by atoms with van der Waals surface area (Å²) in [5.74, 6) is -1.81. The number of carboxylic acid groups (broad SMARTS) is 1. The third-order valence-corrected chi connectivity index (χ3v) is 4.67. The minimum absolute atomic E-state index is 0.000354. The van der Waals surface area contributed by atoms with Crippen molar-refractivity contribution in [3.8, 4) is 5.75 Å². The number of aromatic carboxylic acids is 1. The number of aliphatic hydroxyl groups is 1. The Hall–Kier alpha value is -2.34. The van der Waals surface area contributed by atoms with Crippen LogP contribution in [0.15, 0.2) is 36.1 Å². The number of fused-ring (bicyclic) bond motifs is 1. The van der Waals surface area contributed by atoms with Crippen LogP contribution in [0.3, 0.4) is 0 Å². The van der Waals surface area contributed by atoms with Gasteiger partial charge in [-0.15, -0.1) is 0 Å². The Kier molecular flexibility index (Phi) is 4.09. The van der Waals surface area contributed by atoms with E-state index in [0.29, 0.717) is 5.57 Å². The molecule has 0 saturated heterocycles. The number of benzene rings is 1. The standard InChI is InChI=1S/C17H18O6/c1-9-6-7-10-12(8-22-17(21)14(9)10)16(20)23-13-5-3-2-4-11(13)15(18)19/h2-5,8-10,14,17,21H,6-7H2,1H3,(H,18,19). The second-order valence-corrected chi connectivity index (χ2v) is 6.03. The summed E-state index contributed by atoms with van der Waals surface area (Å²) in [6, 6.07) is 5.98. The minimum atomic E-state index is -1.16. The first-order chi connectivity index (χ1) is 11.0.